The summed E-state index contributed by atoms with van der Waals surface area (Å²) in [7, 11) is 0. The molecule has 4 aromatic rings. The quantitative estimate of drug-likeness (QED) is 0.208. The van der Waals surface area contributed by atoms with Crippen molar-refractivity contribution in [3.63, 3.8) is 0 Å². The fourth-order valence-electron chi connectivity index (χ4n) is 4.94. The maximum atomic E-state index is 13.5. The molecule has 8 nitrogen and oxygen atoms in total. The minimum atomic E-state index is -4.94. The van der Waals surface area contributed by atoms with Gasteiger partial charge < -0.3 is 9.47 Å². The van der Waals surface area contributed by atoms with E-state index in [-0.39, 0.29) is 44.4 Å². The second kappa shape index (κ2) is 9.06. The summed E-state index contributed by atoms with van der Waals surface area (Å²) in [6.07, 6.45) is -9.88. The zero-order chi connectivity index (χ0) is 30.1. The highest BCUT2D eigenvalue weighted by Crippen LogP contribution is 2.40. The molecule has 0 aromatic heterocycles. The third-order valence-corrected chi connectivity index (χ3v) is 6.55. The molecule has 2 aliphatic rings. The monoisotopic (exact) mass is 586 g/mol. The van der Waals surface area contributed by atoms with Crippen molar-refractivity contribution in [3.8, 4) is 11.5 Å². The molecule has 0 saturated heterocycles. The Hall–Kier alpha value is -5.40. The van der Waals surface area contributed by atoms with E-state index in [0.717, 1.165) is 58.3 Å². The first-order valence-electron chi connectivity index (χ1n) is 11.8. The Kier molecular flexibility index (Phi) is 5.78. The van der Waals surface area contributed by atoms with Gasteiger partial charge in [-0.25, -0.2) is 9.80 Å². The summed E-state index contributed by atoms with van der Waals surface area (Å²) in [5, 5.41) is 0.0899. The zero-order valence-corrected chi connectivity index (χ0v) is 20.5. The van der Waals surface area contributed by atoms with Crippen molar-refractivity contribution >= 4 is 45.8 Å². The number of ether oxygens (including phenoxy) is 2. The standard InChI is InChI=1S/C28H12F6N2O6/c29-27(30,31)41-15-5-1-13(2-6-15)35-23(37)17-9-11-19-22-20(12-10-18(21(17)22)24(35)38)26(40)36(25(19)39)14-3-7-16(8-4-14)42-28(32,33)34/h1-12H. The molecule has 4 aromatic carbocycles. The fourth-order valence-corrected chi connectivity index (χ4v) is 4.94. The van der Waals surface area contributed by atoms with Gasteiger partial charge in [-0.1, -0.05) is 0 Å². The van der Waals surface area contributed by atoms with Crippen LogP contribution in [-0.4, -0.2) is 36.4 Å². The molecule has 2 aliphatic heterocycles. The van der Waals surface area contributed by atoms with Crippen molar-refractivity contribution in [1.82, 2.24) is 0 Å². The molecule has 0 bridgehead atoms. The molecule has 0 atom stereocenters. The van der Waals surface area contributed by atoms with Crippen LogP contribution in [0.4, 0.5) is 37.7 Å². The summed E-state index contributed by atoms with van der Waals surface area (Å²) in [4.78, 5) is 55.3. The third-order valence-electron chi connectivity index (χ3n) is 6.55. The molecule has 0 saturated carbocycles. The molecular weight excluding hydrogens is 574 g/mol. The van der Waals surface area contributed by atoms with Crippen LogP contribution in [0, 0.1) is 0 Å². The molecule has 0 radical (unpaired) electrons. The highest BCUT2D eigenvalue weighted by Gasteiger charge is 2.41. The van der Waals surface area contributed by atoms with E-state index in [1.165, 1.54) is 24.3 Å². The maximum absolute atomic E-state index is 13.5. The molecule has 42 heavy (non-hydrogen) atoms. The van der Waals surface area contributed by atoms with Gasteiger partial charge in [-0.2, -0.15) is 0 Å². The van der Waals surface area contributed by atoms with Crippen LogP contribution in [0.1, 0.15) is 41.4 Å². The third kappa shape index (κ3) is 4.36. The van der Waals surface area contributed by atoms with Gasteiger partial charge in [0, 0.05) is 33.0 Å². The van der Waals surface area contributed by atoms with E-state index in [1.807, 2.05) is 0 Å². The molecule has 6 rings (SSSR count). The summed E-state index contributed by atoms with van der Waals surface area (Å²) in [5.74, 6) is -4.50. The highest BCUT2D eigenvalue weighted by molar-refractivity contribution is 6.42. The Morgan fingerprint density at radius 1 is 0.429 bits per heavy atom. The number of hydrogen-bond donors (Lipinski definition) is 0. The number of nitrogens with zero attached hydrogens (tertiary/aromatic N) is 2. The Labute approximate surface area is 230 Å². The van der Waals surface area contributed by atoms with E-state index >= 15 is 0 Å². The molecule has 2 heterocycles. The second-order valence-corrected chi connectivity index (χ2v) is 9.05. The van der Waals surface area contributed by atoms with Gasteiger partial charge >= 0.3 is 12.7 Å². The molecule has 0 N–H and O–H groups in total. The van der Waals surface area contributed by atoms with Crippen molar-refractivity contribution in [2.75, 3.05) is 9.80 Å². The minimum absolute atomic E-state index is 0.0384. The van der Waals surface area contributed by atoms with Crippen molar-refractivity contribution in [1.29, 1.82) is 0 Å². The van der Waals surface area contributed by atoms with Gasteiger partial charge in [0.15, 0.2) is 0 Å². The topological polar surface area (TPSA) is 93.2 Å². The van der Waals surface area contributed by atoms with Gasteiger partial charge in [-0.15, -0.1) is 26.3 Å². The number of carbonyl (C=O) groups is 4. The van der Waals surface area contributed by atoms with Gasteiger partial charge in [0.25, 0.3) is 23.6 Å². The smallest absolute Gasteiger partial charge is 0.406 e. The second-order valence-electron chi connectivity index (χ2n) is 9.05. The van der Waals surface area contributed by atoms with Gasteiger partial charge in [-0.3, -0.25) is 19.2 Å². The summed E-state index contributed by atoms with van der Waals surface area (Å²) >= 11 is 0. The molecule has 0 aliphatic carbocycles. The lowest BCUT2D eigenvalue weighted by molar-refractivity contribution is -0.275. The number of amides is 4. The number of anilines is 2. The number of hydrogen-bond acceptors (Lipinski definition) is 6. The molecule has 0 unspecified atom stereocenters. The number of benzene rings is 4. The Balaban J connectivity index is 1.39. The lowest BCUT2D eigenvalue weighted by atomic mass is 9.85. The van der Waals surface area contributed by atoms with E-state index in [9.17, 15) is 45.5 Å². The predicted molar refractivity (Wildman–Crippen MR) is 132 cm³/mol. The van der Waals surface area contributed by atoms with Crippen molar-refractivity contribution in [2.24, 2.45) is 0 Å². The number of halogens is 6. The molecular formula is C28H12F6N2O6. The SMILES string of the molecule is O=C1c2ccc3c4c(ccc(c24)C(=O)N1c1ccc(OC(F)(F)F)cc1)C(=O)N(c1ccc(OC(F)(F)F)cc1)C3=O. The van der Waals surface area contributed by atoms with Crippen LogP contribution in [0.25, 0.3) is 10.8 Å². The number of carbonyl (C=O) groups excluding carboxylic acids is 4. The van der Waals surface area contributed by atoms with E-state index in [2.05, 4.69) is 9.47 Å². The predicted octanol–water partition coefficient (Wildman–Crippen LogP) is 6.24. The lowest BCUT2D eigenvalue weighted by Gasteiger charge is -2.32. The molecule has 212 valence electrons. The number of imide groups is 2. The normalized spacial score (nSPS) is 15.0. The summed E-state index contributed by atoms with van der Waals surface area (Å²) < 4.78 is 82.8. The molecule has 4 amide bonds. The van der Waals surface area contributed by atoms with Crippen LogP contribution in [0.5, 0.6) is 11.5 Å². The molecule has 0 fully saturated rings. The van der Waals surface area contributed by atoms with Gasteiger partial charge in [-0.05, 0) is 72.8 Å². The fraction of sp³-hybridized carbons (Fsp3) is 0.0714. The molecule has 14 heteroatoms. The van der Waals surface area contributed by atoms with Crippen LogP contribution in [0.15, 0.2) is 72.8 Å². The van der Waals surface area contributed by atoms with Crippen LogP contribution in [0.3, 0.4) is 0 Å². The average Bonchev–Trinajstić information content (AvgIpc) is 2.91. The Bertz CT molecular complexity index is 1630. The van der Waals surface area contributed by atoms with Crippen molar-refractivity contribution in [2.45, 2.75) is 12.7 Å². The van der Waals surface area contributed by atoms with Crippen molar-refractivity contribution < 1.29 is 55.0 Å². The maximum Gasteiger partial charge on any atom is 0.573 e. The van der Waals surface area contributed by atoms with Gasteiger partial charge in [0.1, 0.15) is 11.5 Å². The van der Waals surface area contributed by atoms with Gasteiger partial charge in [0.05, 0.1) is 11.4 Å². The van der Waals surface area contributed by atoms with E-state index in [1.54, 1.807) is 0 Å². The minimum Gasteiger partial charge on any atom is -0.406 e. The van der Waals surface area contributed by atoms with Crippen LogP contribution in [-0.2, 0) is 0 Å². The Morgan fingerprint density at radius 3 is 0.929 bits per heavy atom. The highest BCUT2D eigenvalue weighted by atomic mass is 19.4. The Morgan fingerprint density at radius 2 is 0.690 bits per heavy atom. The van der Waals surface area contributed by atoms with Crippen LogP contribution >= 0.6 is 0 Å². The molecule has 0 spiro atoms. The first kappa shape index (κ1) is 26.8. The van der Waals surface area contributed by atoms with E-state index < -0.39 is 47.9 Å². The summed E-state index contributed by atoms with van der Waals surface area (Å²) in [6, 6.07) is 13.3. The largest absolute Gasteiger partial charge is 0.573 e. The van der Waals surface area contributed by atoms with E-state index in [4.69, 9.17) is 0 Å². The average molecular weight is 586 g/mol. The zero-order valence-electron chi connectivity index (χ0n) is 20.5. The van der Waals surface area contributed by atoms with Crippen LogP contribution in [0.2, 0.25) is 0 Å². The number of alkyl halides is 6. The summed E-state index contributed by atoms with van der Waals surface area (Å²) in [5.41, 5.74) is -0.247. The first-order valence-corrected chi connectivity index (χ1v) is 11.8. The van der Waals surface area contributed by atoms with Gasteiger partial charge in [0.2, 0.25) is 0 Å². The number of rotatable bonds is 4. The van der Waals surface area contributed by atoms with E-state index in [0.29, 0.717) is 0 Å². The lowest BCUT2D eigenvalue weighted by Crippen LogP contribution is -2.43. The van der Waals surface area contributed by atoms with Crippen molar-refractivity contribution in [3.05, 3.63) is 95.1 Å². The summed E-state index contributed by atoms with van der Waals surface area (Å²) in [6.45, 7) is 0. The van der Waals surface area contributed by atoms with Crippen LogP contribution < -0.4 is 19.3 Å². The first-order chi connectivity index (χ1) is 19.7.